The number of para-hydroxylation sites is 1. The molecule has 0 saturated heterocycles. The summed E-state index contributed by atoms with van der Waals surface area (Å²) >= 11 is 0. The van der Waals surface area contributed by atoms with E-state index < -0.39 is 11.7 Å². The standard InChI is InChI=1S/C17H13FN6O/c18-13-5-1-2-6-14(13)24-16(23-9-3-4-10-23)12(11-21-24)15(25)22-17-19-7-8-20-17/h1-11H,(H2,19,20,22,25). The van der Waals surface area contributed by atoms with Crippen molar-refractivity contribution in [2.75, 3.05) is 5.32 Å². The Balaban J connectivity index is 1.83. The molecule has 1 amide bonds. The number of H-pyrrole nitrogens is 1. The van der Waals surface area contributed by atoms with Crippen LogP contribution in [0, 0.1) is 5.82 Å². The van der Waals surface area contributed by atoms with E-state index >= 15 is 0 Å². The summed E-state index contributed by atoms with van der Waals surface area (Å²) in [6, 6.07) is 9.88. The number of carbonyl (C=O) groups is 1. The van der Waals surface area contributed by atoms with E-state index in [1.807, 2.05) is 12.1 Å². The zero-order valence-corrected chi connectivity index (χ0v) is 12.9. The van der Waals surface area contributed by atoms with Gasteiger partial charge in [0.25, 0.3) is 5.91 Å². The van der Waals surface area contributed by atoms with Gasteiger partial charge in [-0.05, 0) is 24.3 Å². The lowest BCUT2D eigenvalue weighted by Crippen LogP contribution is -2.16. The number of halogens is 1. The van der Waals surface area contributed by atoms with Crippen molar-refractivity contribution in [3.8, 4) is 11.5 Å². The van der Waals surface area contributed by atoms with Gasteiger partial charge in [-0.15, -0.1) is 0 Å². The van der Waals surface area contributed by atoms with E-state index in [1.54, 1.807) is 41.4 Å². The predicted molar refractivity (Wildman–Crippen MR) is 89.4 cm³/mol. The van der Waals surface area contributed by atoms with Crippen molar-refractivity contribution >= 4 is 11.9 Å². The molecule has 0 unspecified atom stereocenters. The fourth-order valence-electron chi connectivity index (χ4n) is 2.53. The number of nitrogens with zero attached hydrogens (tertiary/aromatic N) is 4. The summed E-state index contributed by atoms with van der Waals surface area (Å²) in [4.78, 5) is 19.4. The van der Waals surface area contributed by atoms with Gasteiger partial charge in [0.1, 0.15) is 17.1 Å². The molecule has 0 fully saturated rings. The Kier molecular flexibility index (Phi) is 3.62. The van der Waals surface area contributed by atoms with E-state index in [0.29, 0.717) is 11.8 Å². The minimum absolute atomic E-state index is 0.253. The molecule has 3 heterocycles. The number of hydrogen-bond donors (Lipinski definition) is 2. The van der Waals surface area contributed by atoms with Crippen molar-refractivity contribution in [3.63, 3.8) is 0 Å². The summed E-state index contributed by atoms with van der Waals surface area (Å²) in [5, 5.41) is 6.87. The van der Waals surface area contributed by atoms with Gasteiger partial charge < -0.3 is 9.55 Å². The topological polar surface area (TPSA) is 80.5 Å². The van der Waals surface area contributed by atoms with Crippen molar-refractivity contribution in [2.45, 2.75) is 0 Å². The zero-order chi connectivity index (χ0) is 17.2. The highest BCUT2D eigenvalue weighted by Gasteiger charge is 2.21. The predicted octanol–water partition coefficient (Wildman–Crippen LogP) is 2.78. The van der Waals surface area contributed by atoms with Crippen LogP contribution >= 0.6 is 0 Å². The number of amides is 1. The first-order valence-electron chi connectivity index (χ1n) is 7.51. The van der Waals surface area contributed by atoms with Gasteiger partial charge >= 0.3 is 0 Å². The quantitative estimate of drug-likeness (QED) is 0.601. The maximum atomic E-state index is 14.2. The molecule has 4 rings (SSSR count). The smallest absolute Gasteiger partial charge is 0.263 e. The van der Waals surface area contributed by atoms with E-state index in [9.17, 15) is 9.18 Å². The maximum absolute atomic E-state index is 14.2. The summed E-state index contributed by atoms with van der Waals surface area (Å²) in [7, 11) is 0. The minimum Gasteiger partial charge on any atom is -0.331 e. The number of hydrogen-bond acceptors (Lipinski definition) is 3. The van der Waals surface area contributed by atoms with Crippen molar-refractivity contribution < 1.29 is 9.18 Å². The van der Waals surface area contributed by atoms with Crippen LogP contribution < -0.4 is 5.32 Å². The van der Waals surface area contributed by atoms with Gasteiger partial charge in [0.15, 0.2) is 5.82 Å². The van der Waals surface area contributed by atoms with E-state index in [-0.39, 0.29) is 11.3 Å². The minimum atomic E-state index is -0.433. The summed E-state index contributed by atoms with van der Waals surface area (Å²) in [5.41, 5.74) is 0.541. The molecule has 7 nitrogen and oxygen atoms in total. The van der Waals surface area contributed by atoms with Gasteiger partial charge in [-0.3, -0.25) is 10.1 Å². The van der Waals surface area contributed by atoms with E-state index in [4.69, 9.17) is 0 Å². The summed E-state index contributed by atoms with van der Waals surface area (Å²) in [5.74, 6) is -0.0838. The number of imidazole rings is 1. The Labute approximate surface area is 141 Å². The Morgan fingerprint density at radius 3 is 2.68 bits per heavy atom. The molecule has 124 valence electrons. The molecule has 0 bridgehead atoms. The Morgan fingerprint density at radius 1 is 1.16 bits per heavy atom. The van der Waals surface area contributed by atoms with Gasteiger partial charge in [-0.1, -0.05) is 12.1 Å². The number of carbonyl (C=O) groups excluding carboxylic acids is 1. The third-order valence-corrected chi connectivity index (χ3v) is 3.65. The Morgan fingerprint density at radius 2 is 1.96 bits per heavy atom. The fraction of sp³-hybridized carbons (Fsp3) is 0. The lowest BCUT2D eigenvalue weighted by molar-refractivity contribution is 0.102. The van der Waals surface area contributed by atoms with Gasteiger partial charge in [0.2, 0.25) is 5.95 Å². The monoisotopic (exact) mass is 336 g/mol. The highest BCUT2D eigenvalue weighted by molar-refractivity contribution is 6.05. The number of nitrogens with one attached hydrogen (secondary N) is 2. The van der Waals surface area contributed by atoms with E-state index in [0.717, 1.165) is 0 Å². The average molecular weight is 336 g/mol. The maximum Gasteiger partial charge on any atom is 0.263 e. The first-order chi connectivity index (χ1) is 12.2. The first kappa shape index (κ1) is 14.9. The van der Waals surface area contributed by atoms with Gasteiger partial charge in [-0.25, -0.2) is 14.1 Å². The number of aromatic amines is 1. The molecular weight excluding hydrogens is 323 g/mol. The zero-order valence-electron chi connectivity index (χ0n) is 12.9. The normalized spacial score (nSPS) is 10.8. The molecule has 3 aromatic heterocycles. The van der Waals surface area contributed by atoms with Gasteiger partial charge in [0.05, 0.1) is 6.20 Å². The SMILES string of the molecule is O=C(Nc1ncc[nH]1)c1cnn(-c2ccccc2F)c1-n1cccc1. The lowest BCUT2D eigenvalue weighted by atomic mass is 10.2. The Hall–Kier alpha value is -3.68. The number of benzene rings is 1. The fourth-order valence-corrected chi connectivity index (χ4v) is 2.53. The van der Waals surface area contributed by atoms with Gasteiger partial charge in [0, 0.05) is 24.8 Å². The molecular formula is C17H13FN6O. The van der Waals surface area contributed by atoms with Gasteiger partial charge in [-0.2, -0.15) is 5.10 Å². The van der Waals surface area contributed by atoms with E-state index in [1.165, 1.54) is 23.1 Å². The van der Waals surface area contributed by atoms with E-state index in [2.05, 4.69) is 20.4 Å². The number of aromatic nitrogens is 5. The van der Waals surface area contributed by atoms with Crippen LogP contribution in [0.25, 0.3) is 11.5 Å². The van der Waals surface area contributed by atoms with Crippen LogP contribution in [0.4, 0.5) is 10.3 Å². The molecule has 0 atom stereocenters. The molecule has 0 aliphatic heterocycles. The molecule has 4 aromatic rings. The van der Waals surface area contributed by atoms with Crippen molar-refractivity contribution in [1.82, 2.24) is 24.3 Å². The van der Waals surface area contributed by atoms with Crippen molar-refractivity contribution in [2.24, 2.45) is 0 Å². The van der Waals surface area contributed by atoms with Crippen LogP contribution in [0.5, 0.6) is 0 Å². The number of anilines is 1. The largest absolute Gasteiger partial charge is 0.331 e. The molecule has 25 heavy (non-hydrogen) atoms. The van der Waals surface area contributed by atoms with Crippen LogP contribution in [-0.2, 0) is 0 Å². The highest BCUT2D eigenvalue weighted by atomic mass is 19.1. The molecule has 0 spiro atoms. The summed E-state index contributed by atoms with van der Waals surface area (Å²) in [6.07, 6.45) is 8.06. The first-order valence-corrected chi connectivity index (χ1v) is 7.51. The molecule has 2 N–H and O–H groups in total. The third kappa shape index (κ3) is 2.69. The van der Waals surface area contributed by atoms with Crippen molar-refractivity contribution in [3.05, 3.63) is 78.8 Å². The molecule has 0 saturated carbocycles. The third-order valence-electron chi connectivity index (χ3n) is 3.65. The highest BCUT2D eigenvalue weighted by Crippen LogP contribution is 2.22. The second-order valence-electron chi connectivity index (χ2n) is 5.23. The molecule has 1 aromatic carbocycles. The van der Waals surface area contributed by atoms with Crippen LogP contribution in [0.2, 0.25) is 0 Å². The Bertz CT molecular complexity index is 1000. The number of rotatable bonds is 4. The lowest BCUT2D eigenvalue weighted by Gasteiger charge is -2.11. The second-order valence-corrected chi connectivity index (χ2v) is 5.23. The molecule has 0 aliphatic rings. The van der Waals surface area contributed by atoms with Crippen LogP contribution in [0.1, 0.15) is 10.4 Å². The molecule has 0 aliphatic carbocycles. The summed E-state index contributed by atoms with van der Waals surface area (Å²) < 4.78 is 17.3. The summed E-state index contributed by atoms with van der Waals surface area (Å²) in [6.45, 7) is 0. The van der Waals surface area contributed by atoms with Crippen LogP contribution in [-0.4, -0.2) is 30.2 Å². The van der Waals surface area contributed by atoms with Crippen molar-refractivity contribution in [1.29, 1.82) is 0 Å². The van der Waals surface area contributed by atoms with Crippen LogP contribution in [0.3, 0.4) is 0 Å². The average Bonchev–Trinajstić information content (AvgIpc) is 3.36. The molecule has 8 heteroatoms. The second kappa shape index (κ2) is 6.08. The molecule has 0 radical (unpaired) electrons. The van der Waals surface area contributed by atoms with Crippen LogP contribution in [0.15, 0.2) is 67.4 Å².